The number of aryl methyl sites for hydroxylation is 2. The molecule has 1 fully saturated rings. The number of carbonyl (C=O) groups excluding carboxylic acids is 1. The lowest BCUT2D eigenvalue weighted by Crippen LogP contribution is -2.41. The Morgan fingerprint density at radius 3 is 2.26 bits per heavy atom. The lowest BCUT2D eigenvalue weighted by atomic mass is 9.93. The van der Waals surface area contributed by atoms with Crippen LogP contribution in [0.4, 0.5) is 4.79 Å². The molecule has 0 spiro atoms. The molecule has 1 aliphatic rings. The highest BCUT2D eigenvalue weighted by molar-refractivity contribution is 6.30. The molecule has 4 aromatic rings. The molecule has 0 unspecified atom stereocenters. The summed E-state index contributed by atoms with van der Waals surface area (Å²) in [7, 11) is 0. The number of pyridine rings is 1. The summed E-state index contributed by atoms with van der Waals surface area (Å²) in [6.07, 6.45) is 2.98. The first-order valence-corrected chi connectivity index (χ1v) is 13.6. The molecule has 7 nitrogen and oxygen atoms in total. The van der Waals surface area contributed by atoms with Crippen LogP contribution in [0.15, 0.2) is 59.5 Å². The number of carbonyl (C=O) groups is 1. The number of ether oxygens (including phenoxy) is 1. The predicted octanol–water partition coefficient (Wildman–Crippen LogP) is 6.83. The summed E-state index contributed by atoms with van der Waals surface area (Å²) in [4.78, 5) is 32.6. The molecule has 0 radical (unpaired) electrons. The van der Waals surface area contributed by atoms with Gasteiger partial charge in [-0.2, -0.15) is 9.78 Å². The van der Waals surface area contributed by atoms with E-state index in [0.29, 0.717) is 34.9 Å². The molecule has 1 saturated heterocycles. The molecular formula is C31H33ClN4O3. The maximum atomic E-state index is 13.8. The van der Waals surface area contributed by atoms with Crippen LogP contribution in [0.3, 0.4) is 0 Å². The van der Waals surface area contributed by atoms with Crippen LogP contribution in [0, 0.1) is 13.8 Å². The molecule has 1 amide bonds. The summed E-state index contributed by atoms with van der Waals surface area (Å²) >= 11 is 6.15. The lowest BCUT2D eigenvalue weighted by molar-refractivity contribution is 0.0204. The first-order valence-electron chi connectivity index (χ1n) is 13.2. The fourth-order valence-electron chi connectivity index (χ4n) is 4.97. The molecule has 2 aromatic carbocycles. The summed E-state index contributed by atoms with van der Waals surface area (Å²) in [5.41, 5.74) is 4.59. The van der Waals surface area contributed by atoms with Crippen molar-refractivity contribution in [3.8, 4) is 16.9 Å². The second-order valence-corrected chi connectivity index (χ2v) is 11.7. The van der Waals surface area contributed by atoms with Crippen LogP contribution in [0.2, 0.25) is 5.02 Å². The van der Waals surface area contributed by atoms with Crippen molar-refractivity contribution in [3.05, 3.63) is 86.9 Å². The number of aromatic nitrogens is 3. The highest BCUT2D eigenvalue weighted by atomic mass is 35.5. The van der Waals surface area contributed by atoms with Crippen molar-refractivity contribution in [3.63, 3.8) is 0 Å². The third-order valence-corrected chi connectivity index (χ3v) is 7.46. The molecule has 0 N–H and O–H groups in total. The van der Waals surface area contributed by atoms with Gasteiger partial charge < -0.3 is 9.64 Å². The lowest BCUT2D eigenvalue weighted by Gasteiger charge is -2.33. The maximum Gasteiger partial charge on any atom is 0.410 e. The van der Waals surface area contributed by atoms with E-state index in [4.69, 9.17) is 21.4 Å². The topological polar surface area (TPSA) is 77.3 Å². The van der Waals surface area contributed by atoms with Crippen molar-refractivity contribution >= 4 is 28.5 Å². The minimum absolute atomic E-state index is 0.167. The Morgan fingerprint density at radius 1 is 0.974 bits per heavy atom. The van der Waals surface area contributed by atoms with Gasteiger partial charge in [0.25, 0.3) is 5.56 Å². The van der Waals surface area contributed by atoms with Gasteiger partial charge in [-0.25, -0.2) is 4.79 Å². The number of hydrogen-bond acceptors (Lipinski definition) is 5. The normalized spacial score (nSPS) is 14.6. The molecule has 1 aliphatic heterocycles. The van der Waals surface area contributed by atoms with Gasteiger partial charge in [-0.05, 0) is 95.0 Å². The van der Waals surface area contributed by atoms with E-state index >= 15 is 0 Å². The van der Waals surface area contributed by atoms with Gasteiger partial charge in [0.15, 0.2) is 0 Å². The number of fused-ring (bicyclic) bond motifs is 1. The molecule has 2 aromatic heterocycles. The summed E-state index contributed by atoms with van der Waals surface area (Å²) in [6.45, 7) is 10.9. The molecule has 0 atom stereocenters. The Bertz CT molecular complexity index is 1600. The second-order valence-electron chi connectivity index (χ2n) is 11.2. The minimum Gasteiger partial charge on any atom is -0.444 e. The zero-order valence-corrected chi connectivity index (χ0v) is 23.7. The van der Waals surface area contributed by atoms with E-state index in [-0.39, 0.29) is 17.6 Å². The van der Waals surface area contributed by atoms with Crippen molar-refractivity contribution < 1.29 is 9.53 Å². The van der Waals surface area contributed by atoms with E-state index in [1.165, 1.54) is 4.68 Å². The molecule has 3 heterocycles. The Balaban J connectivity index is 1.51. The fraction of sp³-hybridized carbons (Fsp3) is 0.355. The van der Waals surface area contributed by atoms with Gasteiger partial charge in [-0.15, -0.1) is 0 Å². The molecule has 0 bridgehead atoms. The number of rotatable bonds is 3. The van der Waals surface area contributed by atoms with Crippen LogP contribution in [0.5, 0.6) is 0 Å². The van der Waals surface area contributed by atoms with E-state index in [1.807, 2.05) is 83.1 Å². The largest absolute Gasteiger partial charge is 0.444 e. The zero-order valence-electron chi connectivity index (χ0n) is 23.0. The van der Waals surface area contributed by atoms with E-state index < -0.39 is 5.60 Å². The van der Waals surface area contributed by atoms with Crippen LogP contribution in [0.25, 0.3) is 27.7 Å². The van der Waals surface area contributed by atoms with Crippen LogP contribution >= 0.6 is 11.6 Å². The molecule has 8 heteroatoms. The summed E-state index contributed by atoms with van der Waals surface area (Å²) < 4.78 is 7.01. The second kappa shape index (κ2) is 10.5. The standard InChI is InChI=1S/C31H33ClN4O3/c1-19-16-25-26(17-20(19)2)29(37)36(34-28(25)22-6-8-23(32)9-7-22)24-10-13-33-27(18-24)21-11-14-35(15-12-21)30(38)39-31(3,4)5/h6-10,13,16-18,21H,11-12,14-15H2,1-5H3. The van der Waals surface area contributed by atoms with Crippen LogP contribution in [0.1, 0.15) is 56.4 Å². The van der Waals surface area contributed by atoms with Crippen LogP contribution < -0.4 is 5.56 Å². The summed E-state index contributed by atoms with van der Waals surface area (Å²) in [5.74, 6) is 0.167. The third kappa shape index (κ3) is 5.69. The van der Waals surface area contributed by atoms with Gasteiger partial charge in [0.2, 0.25) is 0 Å². The van der Waals surface area contributed by atoms with Crippen molar-refractivity contribution in [1.29, 1.82) is 0 Å². The highest BCUT2D eigenvalue weighted by Gasteiger charge is 2.28. The van der Waals surface area contributed by atoms with Crippen molar-refractivity contribution in [2.75, 3.05) is 13.1 Å². The van der Waals surface area contributed by atoms with E-state index in [9.17, 15) is 9.59 Å². The zero-order chi connectivity index (χ0) is 27.9. The van der Waals surface area contributed by atoms with Gasteiger partial charge in [0.1, 0.15) is 5.60 Å². The number of piperidine rings is 1. The summed E-state index contributed by atoms with van der Waals surface area (Å²) in [6, 6.07) is 15.2. The maximum absolute atomic E-state index is 13.8. The van der Waals surface area contributed by atoms with Gasteiger partial charge in [-0.1, -0.05) is 23.7 Å². The Hall–Kier alpha value is -3.71. The first-order chi connectivity index (χ1) is 18.5. The third-order valence-electron chi connectivity index (χ3n) is 7.20. The molecule has 0 aliphatic carbocycles. The SMILES string of the molecule is Cc1cc2c(-c3ccc(Cl)cc3)nn(-c3ccnc(C4CCN(C(=O)OC(C)(C)C)CC4)c3)c(=O)c2cc1C. The Morgan fingerprint density at radius 2 is 1.62 bits per heavy atom. The van der Waals surface area contributed by atoms with Crippen LogP contribution in [-0.4, -0.2) is 44.4 Å². The Kier molecular flexibility index (Phi) is 7.21. The summed E-state index contributed by atoms with van der Waals surface area (Å²) in [5, 5.41) is 6.92. The van der Waals surface area contributed by atoms with Gasteiger partial charge in [0, 0.05) is 46.9 Å². The molecule has 5 rings (SSSR count). The monoisotopic (exact) mass is 544 g/mol. The highest BCUT2D eigenvalue weighted by Crippen LogP contribution is 2.31. The number of nitrogens with zero attached hydrogens (tertiary/aromatic N) is 4. The molecular weight excluding hydrogens is 512 g/mol. The van der Waals surface area contributed by atoms with E-state index in [2.05, 4.69) is 4.98 Å². The number of benzene rings is 2. The Labute approximate surface area is 233 Å². The van der Waals surface area contributed by atoms with E-state index in [1.54, 1.807) is 11.1 Å². The molecule has 39 heavy (non-hydrogen) atoms. The van der Waals surface area contributed by atoms with Crippen molar-refractivity contribution in [1.82, 2.24) is 19.7 Å². The van der Waals surface area contributed by atoms with Crippen molar-refractivity contribution in [2.24, 2.45) is 0 Å². The van der Waals surface area contributed by atoms with Gasteiger partial charge in [0.05, 0.1) is 16.8 Å². The number of halogens is 1. The van der Waals surface area contributed by atoms with E-state index in [0.717, 1.165) is 40.6 Å². The average molecular weight is 545 g/mol. The predicted molar refractivity (Wildman–Crippen MR) is 155 cm³/mol. The minimum atomic E-state index is -0.522. The fourth-order valence-corrected chi connectivity index (χ4v) is 5.10. The molecule has 0 saturated carbocycles. The van der Waals surface area contributed by atoms with Gasteiger partial charge in [-0.3, -0.25) is 9.78 Å². The van der Waals surface area contributed by atoms with Gasteiger partial charge >= 0.3 is 6.09 Å². The van der Waals surface area contributed by atoms with Crippen LogP contribution in [-0.2, 0) is 4.74 Å². The number of likely N-dealkylation sites (tertiary alicyclic amines) is 1. The quantitative estimate of drug-likeness (QED) is 0.282. The van der Waals surface area contributed by atoms with Crippen molar-refractivity contribution in [2.45, 2.75) is 59.0 Å². The number of amides is 1. The number of hydrogen-bond donors (Lipinski definition) is 0. The smallest absolute Gasteiger partial charge is 0.410 e. The molecule has 202 valence electrons. The average Bonchev–Trinajstić information content (AvgIpc) is 2.90. The first kappa shape index (κ1) is 26.9.